The molecule has 1 aromatic carbocycles. The van der Waals surface area contributed by atoms with Crippen molar-refractivity contribution < 1.29 is 4.79 Å². The Balaban J connectivity index is 1.96. The minimum absolute atomic E-state index is 0.0630. The number of hydrogen-bond acceptors (Lipinski definition) is 1. The number of amides is 1. The predicted octanol–water partition coefficient (Wildman–Crippen LogP) is 4.95. The molecule has 0 aliphatic heterocycles. The van der Waals surface area contributed by atoms with Gasteiger partial charge in [0.05, 0.1) is 0 Å². The van der Waals surface area contributed by atoms with Crippen LogP contribution in [0.1, 0.15) is 38.7 Å². The number of carbonyl (C=O) groups is 1. The summed E-state index contributed by atoms with van der Waals surface area (Å²) in [5, 5.41) is 4.24. The lowest BCUT2D eigenvalue weighted by Crippen LogP contribution is -2.43. The lowest BCUT2D eigenvalue weighted by atomic mass is 9.78. The van der Waals surface area contributed by atoms with Gasteiger partial charge in [0.1, 0.15) is 0 Å². The summed E-state index contributed by atoms with van der Waals surface area (Å²) in [5.74, 6) is 1.13. The minimum atomic E-state index is -0.0630. The number of benzene rings is 1. The van der Waals surface area contributed by atoms with Crippen LogP contribution in [-0.4, -0.2) is 11.9 Å². The van der Waals surface area contributed by atoms with E-state index >= 15 is 0 Å². The van der Waals surface area contributed by atoms with Crippen molar-refractivity contribution in [2.24, 2.45) is 11.8 Å². The average molecular weight is 326 g/mol. The second-order valence-electron chi connectivity index (χ2n) is 5.88. The number of halogens is 2. The fourth-order valence-corrected chi connectivity index (χ4v) is 3.29. The normalized spacial score (nSPS) is 26.0. The maximum Gasteiger partial charge on any atom is 0.244 e. The van der Waals surface area contributed by atoms with E-state index in [0.29, 0.717) is 21.9 Å². The van der Waals surface area contributed by atoms with E-state index in [9.17, 15) is 4.79 Å². The Hall–Kier alpha value is -0.990. The van der Waals surface area contributed by atoms with Gasteiger partial charge in [0.25, 0.3) is 0 Å². The first-order valence-electron chi connectivity index (χ1n) is 7.41. The number of hydrogen-bond donors (Lipinski definition) is 1. The maximum atomic E-state index is 12.0. The van der Waals surface area contributed by atoms with E-state index in [-0.39, 0.29) is 11.9 Å². The predicted molar refractivity (Wildman–Crippen MR) is 89.6 cm³/mol. The van der Waals surface area contributed by atoms with E-state index in [1.807, 2.05) is 0 Å². The monoisotopic (exact) mass is 325 g/mol. The van der Waals surface area contributed by atoms with Crippen molar-refractivity contribution in [2.75, 3.05) is 0 Å². The third kappa shape index (κ3) is 4.49. The summed E-state index contributed by atoms with van der Waals surface area (Å²) < 4.78 is 0. The Morgan fingerprint density at radius 1 is 1.29 bits per heavy atom. The molecule has 0 radical (unpaired) electrons. The highest BCUT2D eigenvalue weighted by molar-refractivity contribution is 6.35. The van der Waals surface area contributed by atoms with Gasteiger partial charge in [-0.25, -0.2) is 0 Å². The zero-order valence-electron chi connectivity index (χ0n) is 12.4. The van der Waals surface area contributed by atoms with Crippen LogP contribution < -0.4 is 5.32 Å². The van der Waals surface area contributed by atoms with Gasteiger partial charge in [0, 0.05) is 22.2 Å². The van der Waals surface area contributed by atoms with E-state index in [1.54, 1.807) is 30.4 Å². The highest BCUT2D eigenvalue weighted by Gasteiger charge is 2.27. The summed E-state index contributed by atoms with van der Waals surface area (Å²) in [7, 11) is 0. The molecular formula is C17H21Cl2NO. The lowest BCUT2D eigenvalue weighted by molar-refractivity contribution is -0.117. The van der Waals surface area contributed by atoms with Crippen LogP contribution >= 0.6 is 23.2 Å². The van der Waals surface area contributed by atoms with Gasteiger partial charge in [-0.2, -0.15) is 0 Å². The summed E-state index contributed by atoms with van der Waals surface area (Å²) in [4.78, 5) is 12.0. The molecular weight excluding hydrogens is 305 g/mol. The van der Waals surface area contributed by atoms with Crippen molar-refractivity contribution in [3.05, 3.63) is 39.9 Å². The molecule has 4 heteroatoms. The fourth-order valence-electron chi connectivity index (χ4n) is 2.82. The van der Waals surface area contributed by atoms with Gasteiger partial charge in [-0.15, -0.1) is 0 Å². The van der Waals surface area contributed by atoms with E-state index in [2.05, 4.69) is 19.2 Å². The summed E-state index contributed by atoms with van der Waals surface area (Å²) >= 11 is 11.9. The molecule has 1 aliphatic carbocycles. The Morgan fingerprint density at radius 3 is 2.76 bits per heavy atom. The minimum Gasteiger partial charge on any atom is -0.350 e. The molecule has 0 aromatic heterocycles. The molecule has 0 spiro atoms. The van der Waals surface area contributed by atoms with Crippen LogP contribution in [0.15, 0.2) is 24.3 Å². The highest BCUT2D eigenvalue weighted by Crippen LogP contribution is 2.29. The van der Waals surface area contributed by atoms with Crippen LogP contribution in [0, 0.1) is 11.8 Å². The van der Waals surface area contributed by atoms with Crippen LogP contribution in [-0.2, 0) is 4.79 Å². The average Bonchev–Trinajstić information content (AvgIpc) is 2.43. The molecule has 0 heterocycles. The van der Waals surface area contributed by atoms with Crippen LogP contribution in [0.5, 0.6) is 0 Å². The van der Waals surface area contributed by atoms with Gasteiger partial charge in [-0.1, -0.05) is 56.0 Å². The van der Waals surface area contributed by atoms with Crippen molar-refractivity contribution in [2.45, 2.75) is 39.2 Å². The molecule has 21 heavy (non-hydrogen) atoms. The lowest BCUT2D eigenvalue weighted by Gasteiger charge is -2.34. The molecule has 114 valence electrons. The molecule has 3 atom stereocenters. The first-order chi connectivity index (χ1) is 9.97. The van der Waals surface area contributed by atoms with Crippen LogP contribution in [0.2, 0.25) is 10.0 Å². The molecule has 1 aromatic rings. The number of rotatable bonds is 3. The van der Waals surface area contributed by atoms with Crippen molar-refractivity contribution in [3.8, 4) is 0 Å². The quantitative estimate of drug-likeness (QED) is 0.783. The second-order valence-corrected chi connectivity index (χ2v) is 6.73. The number of carbonyl (C=O) groups excluding carboxylic acids is 1. The first kappa shape index (κ1) is 16.4. The van der Waals surface area contributed by atoms with Crippen molar-refractivity contribution >= 4 is 35.2 Å². The molecule has 0 bridgehead atoms. The highest BCUT2D eigenvalue weighted by atomic mass is 35.5. The van der Waals surface area contributed by atoms with Gasteiger partial charge in [0.2, 0.25) is 5.91 Å². The van der Waals surface area contributed by atoms with Crippen molar-refractivity contribution in [1.82, 2.24) is 5.32 Å². The topological polar surface area (TPSA) is 29.1 Å². The van der Waals surface area contributed by atoms with E-state index in [1.165, 1.54) is 12.8 Å². The summed E-state index contributed by atoms with van der Waals surface area (Å²) in [6, 6.07) is 5.51. The maximum absolute atomic E-state index is 12.0. The van der Waals surface area contributed by atoms with E-state index in [0.717, 1.165) is 12.0 Å². The zero-order valence-corrected chi connectivity index (χ0v) is 13.9. The first-order valence-corrected chi connectivity index (χ1v) is 8.16. The molecule has 1 N–H and O–H groups in total. The molecule has 1 saturated carbocycles. The standard InChI is InChI=1S/C17H21Cl2NO/c1-11-4-3-5-16(12(11)2)20-17(21)9-7-13-6-8-14(18)10-15(13)19/h6-12,16H,3-5H2,1-2H3,(H,20,21)/b9-7+/t11-,12+,16+/m0/s1. The van der Waals surface area contributed by atoms with Crippen LogP contribution in [0.3, 0.4) is 0 Å². The van der Waals surface area contributed by atoms with Crippen LogP contribution in [0.25, 0.3) is 6.08 Å². The van der Waals surface area contributed by atoms with Gasteiger partial charge in [-0.05, 0) is 42.0 Å². The zero-order chi connectivity index (χ0) is 15.4. The SMILES string of the molecule is C[C@@H]1[C@@H](C)CCC[C@H]1NC(=O)/C=C/c1ccc(Cl)cc1Cl. The molecule has 1 aliphatic rings. The van der Waals surface area contributed by atoms with Gasteiger partial charge >= 0.3 is 0 Å². The molecule has 1 fully saturated rings. The van der Waals surface area contributed by atoms with Gasteiger partial charge in [-0.3, -0.25) is 4.79 Å². The Morgan fingerprint density at radius 2 is 2.05 bits per heavy atom. The fraction of sp³-hybridized carbons (Fsp3) is 0.471. The molecule has 1 amide bonds. The Kier molecular flexibility index (Phi) is 5.72. The summed E-state index contributed by atoms with van der Waals surface area (Å²) in [6.45, 7) is 4.47. The largest absolute Gasteiger partial charge is 0.350 e. The van der Waals surface area contributed by atoms with Crippen molar-refractivity contribution in [3.63, 3.8) is 0 Å². The molecule has 0 saturated heterocycles. The van der Waals surface area contributed by atoms with Crippen LogP contribution in [0.4, 0.5) is 0 Å². The molecule has 2 rings (SSSR count). The van der Waals surface area contributed by atoms with Crippen molar-refractivity contribution in [1.29, 1.82) is 0 Å². The van der Waals surface area contributed by atoms with Gasteiger partial charge < -0.3 is 5.32 Å². The molecule has 2 nitrogen and oxygen atoms in total. The number of nitrogens with one attached hydrogen (secondary N) is 1. The van der Waals surface area contributed by atoms with E-state index in [4.69, 9.17) is 23.2 Å². The third-order valence-corrected chi connectivity index (χ3v) is 4.97. The third-order valence-electron chi connectivity index (χ3n) is 4.41. The summed E-state index contributed by atoms with van der Waals surface area (Å²) in [5.41, 5.74) is 0.793. The Bertz CT molecular complexity index is 542. The molecule has 0 unspecified atom stereocenters. The van der Waals surface area contributed by atoms with E-state index < -0.39 is 0 Å². The Labute approximate surface area is 136 Å². The second kappa shape index (κ2) is 7.33. The summed E-state index contributed by atoms with van der Waals surface area (Å²) in [6.07, 6.45) is 6.77. The van der Waals surface area contributed by atoms with Gasteiger partial charge in [0.15, 0.2) is 0 Å². The smallest absolute Gasteiger partial charge is 0.244 e.